The Morgan fingerprint density at radius 2 is 1.90 bits per heavy atom. The summed E-state index contributed by atoms with van der Waals surface area (Å²) in [6.07, 6.45) is 0.991. The molecule has 0 saturated carbocycles. The van der Waals surface area contributed by atoms with Gasteiger partial charge in [-0.25, -0.2) is 8.42 Å². The number of benzene rings is 1. The van der Waals surface area contributed by atoms with Crippen LogP contribution in [0.3, 0.4) is 0 Å². The van der Waals surface area contributed by atoms with Gasteiger partial charge in [-0.15, -0.1) is 0 Å². The summed E-state index contributed by atoms with van der Waals surface area (Å²) >= 11 is 0. The Morgan fingerprint density at radius 3 is 2.30 bits per heavy atom. The number of anilines is 1. The van der Waals surface area contributed by atoms with Gasteiger partial charge in [-0.1, -0.05) is 0 Å². The number of nitrogens with two attached hydrogens (primary N) is 1. The third kappa shape index (κ3) is 3.32. The molecule has 7 nitrogen and oxygen atoms in total. The van der Waals surface area contributed by atoms with Gasteiger partial charge in [0.15, 0.2) is 0 Å². The van der Waals surface area contributed by atoms with Crippen molar-refractivity contribution in [3.8, 4) is 11.5 Å². The fourth-order valence-electron chi connectivity index (χ4n) is 1.76. The number of ether oxygens (including phenoxy) is 2. The van der Waals surface area contributed by atoms with Gasteiger partial charge in [0, 0.05) is 6.07 Å². The van der Waals surface area contributed by atoms with E-state index >= 15 is 0 Å². The number of methoxy groups -OCH3 is 2. The molecule has 0 aromatic heterocycles. The fourth-order valence-corrected chi connectivity index (χ4v) is 2.94. The lowest BCUT2D eigenvalue weighted by molar-refractivity contribution is -0.118. The van der Waals surface area contributed by atoms with Crippen molar-refractivity contribution >= 4 is 21.6 Å². The Hall–Kier alpha value is -1.96. The van der Waals surface area contributed by atoms with Crippen molar-refractivity contribution in [3.63, 3.8) is 0 Å². The second kappa shape index (κ2) is 6.00. The smallest absolute Gasteiger partial charge is 0.241 e. The van der Waals surface area contributed by atoms with Crippen molar-refractivity contribution < 1.29 is 22.7 Å². The lowest BCUT2D eigenvalue weighted by Crippen LogP contribution is -2.46. The predicted molar refractivity (Wildman–Crippen MR) is 75.5 cm³/mol. The highest BCUT2D eigenvalue weighted by molar-refractivity contribution is 7.92. The second-order valence-corrected chi connectivity index (χ2v) is 6.03. The molecule has 0 bridgehead atoms. The summed E-state index contributed by atoms with van der Waals surface area (Å²) in [5.74, 6) is -0.0317. The highest BCUT2D eigenvalue weighted by Crippen LogP contribution is 2.34. The summed E-state index contributed by atoms with van der Waals surface area (Å²) in [6, 6.07) is 3.60. The number of carbonyl (C=O) groups is 1. The van der Waals surface area contributed by atoms with E-state index in [4.69, 9.17) is 15.2 Å². The third-order valence-electron chi connectivity index (χ3n) is 2.74. The summed E-state index contributed by atoms with van der Waals surface area (Å²) in [4.78, 5) is 11.4. The largest absolute Gasteiger partial charge is 0.497 e. The lowest BCUT2D eigenvalue weighted by atomic mass is 10.2. The van der Waals surface area contributed by atoms with Gasteiger partial charge in [-0.05, 0) is 19.1 Å². The van der Waals surface area contributed by atoms with Crippen LogP contribution in [0.1, 0.15) is 6.92 Å². The van der Waals surface area contributed by atoms with E-state index in [1.807, 2.05) is 0 Å². The number of hydrogen-bond acceptors (Lipinski definition) is 5. The highest BCUT2D eigenvalue weighted by atomic mass is 32.2. The zero-order valence-corrected chi connectivity index (χ0v) is 12.6. The van der Waals surface area contributed by atoms with Crippen molar-refractivity contribution in [2.24, 2.45) is 5.73 Å². The summed E-state index contributed by atoms with van der Waals surface area (Å²) in [7, 11) is -0.867. The van der Waals surface area contributed by atoms with Gasteiger partial charge in [0.1, 0.15) is 17.5 Å². The number of hydrogen-bond donors (Lipinski definition) is 1. The van der Waals surface area contributed by atoms with E-state index in [9.17, 15) is 13.2 Å². The monoisotopic (exact) mass is 302 g/mol. The molecule has 112 valence electrons. The first-order chi connectivity index (χ1) is 9.22. The van der Waals surface area contributed by atoms with Crippen molar-refractivity contribution in [3.05, 3.63) is 18.2 Å². The van der Waals surface area contributed by atoms with Crippen LogP contribution in [0.2, 0.25) is 0 Å². The Morgan fingerprint density at radius 1 is 1.30 bits per heavy atom. The van der Waals surface area contributed by atoms with Gasteiger partial charge in [0.25, 0.3) is 0 Å². The summed E-state index contributed by atoms with van der Waals surface area (Å²) in [5, 5.41) is 0. The van der Waals surface area contributed by atoms with Gasteiger partial charge in [-0.3, -0.25) is 9.10 Å². The minimum absolute atomic E-state index is 0.195. The van der Waals surface area contributed by atoms with E-state index in [0.29, 0.717) is 11.5 Å². The molecule has 1 amide bonds. The maximum Gasteiger partial charge on any atom is 0.241 e. The first-order valence-electron chi connectivity index (χ1n) is 5.73. The minimum Gasteiger partial charge on any atom is -0.497 e. The Balaban J connectivity index is 3.51. The van der Waals surface area contributed by atoms with E-state index in [2.05, 4.69) is 0 Å². The van der Waals surface area contributed by atoms with Crippen molar-refractivity contribution in [2.45, 2.75) is 13.0 Å². The maximum absolute atomic E-state index is 12.0. The summed E-state index contributed by atoms with van der Waals surface area (Å²) in [6.45, 7) is 1.41. The van der Waals surface area contributed by atoms with Crippen LogP contribution in [0.15, 0.2) is 18.2 Å². The lowest BCUT2D eigenvalue weighted by Gasteiger charge is -2.28. The standard InChI is InChI=1S/C12H18N2O5S/c1-8(12(13)15)14(20(4,16)17)10-7-9(18-2)5-6-11(10)19-3/h5-8H,1-4H3,(H2,13,15). The van der Waals surface area contributed by atoms with Crippen LogP contribution >= 0.6 is 0 Å². The molecule has 0 heterocycles. The average Bonchev–Trinajstić information content (AvgIpc) is 2.36. The van der Waals surface area contributed by atoms with Crippen molar-refractivity contribution in [2.75, 3.05) is 24.8 Å². The van der Waals surface area contributed by atoms with Crippen LogP contribution < -0.4 is 19.5 Å². The van der Waals surface area contributed by atoms with Crippen molar-refractivity contribution in [1.29, 1.82) is 0 Å². The third-order valence-corrected chi connectivity index (χ3v) is 3.97. The van der Waals surface area contributed by atoms with Gasteiger partial charge in [0.05, 0.1) is 26.2 Å². The number of rotatable bonds is 6. The molecule has 1 aromatic rings. The number of amides is 1. The molecule has 0 aliphatic rings. The predicted octanol–water partition coefficient (Wildman–Crippen LogP) is 0.344. The number of sulfonamides is 1. The Bertz CT molecular complexity index is 600. The first kappa shape index (κ1) is 16.1. The molecule has 1 atom stereocenters. The second-order valence-electron chi connectivity index (χ2n) is 4.17. The molecular formula is C12H18N2O5S. The average molecular weight is 302 g/mol. The van der Waals surface area contributed by atoms with E-state index < -0.39 is 22.0 Å². The molecule has 8 heteroatoms. The van der Waals surface area contributed by atoms with E-state index in [1.54, 1.807) is 12.1 Å². The molecule has 1 unspecified atom stereocenters. The van der Waals surface area contributed by atoms with Gasteiger partial charge >= 0.3 is 0 Å². The zero-order valence-electron chi connectivity index (χ0n) is 11.8. The normalized spacial score (nSPS) is 12.6. The molecular weight excluding hydrogens is 284 g/mol. The molecule has 20 heavy (non-hydrogen) atoms. The van der Waals surface area contributed by atoms with Gasteiger partial charge < -0.3 is 15.2 Å². The SMILES string of the molecule is COc1ccc(OC)c(N(C(C)C(N)=O)S(C)(=O)=O)c1. The first-order valence-corrected chi connectivity index (χ1v) is 7.58. The summed E-state index contributed by atoms with van der Waals surface area (Å²) in [5.41, 5.74) is 5.41. The fraction of sp³-hybridized carbons (Fsp3) is 0.417. The summed E-state index contributed by atoms with van der Waals surface area (Å²) < 4.78 is 35.0. The Kier molecular flexibility index (Phi) is 4.83. The van der Waals surface area contributed by atoms with Crippen molar-refractivity contribution in [1.82, 2.24) is 0 Å². The van der Waals surface area contributed by atoms with Crippen LogP contribution in [0.4, 0.5) is 5.69 Å². The molecule has 1 aromatic carbocycles. The topological polar surface area (TPSA) is 98.9 Å². The number of nitrogens with zero attached hydrogens (tertiary/aromatic N) is 1. The molecule has 2 N–H and O–H groups in total. The molecule has 0 radical (unpaired) electrons. The molecule has 0 fully saturated rings. The van der Waals surface area contributed by atoms with Crippen LogP contribution in [0.25, 0.3) is 0 Å². The molecule has 1 rings (SSSR count). The van der Waals surface area contributed by atoms with Gasteiger partial charge in [-0.2, -0.15) is 0 Å². The van der Waals surface area contributed by atoms with Crippen LogP contribution in [-0.2, 0) is 14.8 Å². The zero-order chi connectivity index (χ0) is 15.5. The quantitative estimate of drug-likeness (QED) is 0.817. The van der Waals surface area contributed by atoms with E-state index in [0.717, 1.165) is 10.6 Å². The van der Waals surface area contributed by atoms with Gasteiger partial charge in [0.2, 0.25) is 15.9 Å². The number of carbonyl (C=O) groups excluding carboxylic acids is 1. The van der Waals surface area contributed by atoms with E-state index in [1.165, 1.54) is 27.2 Å². The Labute approximate surface area is 118 Å². The van der Waals surface area contributed by atoms with Crippen LogP contribution in [-0.4, -0.2) is 40.8 Å². The highest BCUT2D eigenvalue weighted by Gasteiger charge is 2.30. The number of primary amides is 1. The molecule has 0 spiro atoms. The van der Waals surface area contributed by atoms with Crippen LogP contribution in [0.5, 0.6) is 11.5 Å². The van der Waals surface area contributed by atoms with E-state index in [-0.39, 0.29) is 5.69 Å². The molecule has 0 saturated heterocycles. The molecule has 0 aliphatic carbocycles. The van der Waals surface area contributed by atoms with Crippen LogP contribution in [0, 0.1) is 0 Å². The molecule has 0 aliphatic heterocycles. The minimum atomic E-state index is -3.72. The maximum atomic E-state index is 12.0.